The molecule has 0 aliphatic heterocycles. The average molecular weight is 327 g/mol. The van der Waals surface area contributed by atoms with Crippen LogP contribution in [0.5, 0.6) is 0 Å². The van der Waals surface area contributed by atoms with Gasteiger partial charge in [-0.3, -0.25) is 0 Å². The summed E-state index contributed by atoms with van der Waals surface area (Å²) in [6.45, 7) is 2.88. The first-order chi connectivity index (χ1) is 8.61. The van der Waals surface area contributed by atoms with E-state index in [4.69, 9.17) is 0 Å². The van der Waals surface area contributed by atoms with Gasteiger partial charge in [0.1, 0.15) is 0 Å². The van der Waals surface area contributed by atoms with Crippen LogP contribution in [0.1, 0.15) is 16.1 Å². The summed E-state index contributed by atoms with van der Waals surface area (Å²) in [6, 6.07) is 5.91. The fourth-order valence-electron chi connectivity index (χ4n) is 1.80. The van der Waals surface area contributed by atoms with Crippen LogP contribution in [-0.2, 0) is 13.2 Å². The van der Waals surface area contributed by atoms with Crippen molar-refractivity contribution in [2.75, 3.05) is 11.9 Å². The van der Waals surface area contributed by atoms with Gasteiger partial charge in [-0.2, -0.15) is 0 Å². The lowest BCUT2D eigenvalue weighted by Gasteiger charge is -2.22. The van der Waals surface area contributed by atoms with Crippen LogP contribution in [0.2, 0.25) is 0 Å². The van der Waals surface area contributed by atoms with E-state index in [2.05, 4.69) is 25.8 Å². The zero-order valence-electron chi connectivity index (χ0n) is 10.4. The van der Waals surface area contributed by atoms with E-state index in [0.29, 0.717) is 0 Å². The van der Waals surface area contributed by atoms with E-state index in [1.165, 1.54) is 4.88 Å². The van der Waals surface area contributed by atoms with Crippen LogP contribution in [0.15, 0.2) is 28.2 Å². The number of aliphatic hydroxyl groups excluding tert-OH is 1. The van der Waals surface area contributed by atoms with Gasteiger partial charge >= 0.3 is 0 Å². The Kier molecular flexibility index (Phi) is 4.37. The summed E-state index contributed by atoms with van der Waals surface area (Å²) in [5.41, 5.74) is 4.92. The van der Waals surface area contributed by atoms with E-state index in [9.17, 15) is 5.11 Å². The lowest BCUT2D eigenvalue weighted by molar-refractivity contribution is 0.282. The molecule has 0 radical (unpaired) electrons. The number of nitrogens with zero attached hydrogens (tertiary/aromatic N) is 2. The third kappa shape index (κ3) is 2.91. The molecule has 1 N–H and O–H groups in total. The van der Waals surface area contributed by atoms with Crippen molar-refractivity contribution in [1.82, 2.24) is 4.98 Å². The van der Waals surface area contributed by atoms with Crippen LogP contribution in [0.4, 0.5) is 5.69 Å². The maximum absolute atomic E-state index is 9.39. The summed E-state index contributed by atoms with van der Waals surface area (Å²) < 4.78 is 1.02. The number of anilines is 1. The number of aliphatic hydroxyl groups is 1. The number of halogens is 1. The van der Waals surface area contributed by atoms with Crippen molar-refractivity contribution >= 4 is 33.0 Å². The van der Waals surface area contributed by atoms with Crippen LogP contribution >= 0.6 is 27.3 Å². The molecule has 1 aromatic heterocycles. The second kappa shape index (κ2) is 5.82. The molecule has 0 amide bonds. The van der Waals surface area contributed by atoms with Gasteiger partial charge in [0.25, 0.3) is 0 Å². The minimum atomic E-state index is 0.0502. The Labute approximate surface area is 119 Å². The Hall–Kier alpha value is -0.910. The van der Waals surface area contributed by atoms with E-state index in [-0.39, 0.29) is 6.61 Å². The minimum Gasteiger partial charge on any atom is -0.392 e. The summed E-state index contributed by atoms with van der Waals surface area (Å²) in [5, 5.41) is 9.39. The maximum atomic E-state index is 9.39. The second-order valence-electron chi connectivity index (χ2n) is 4.15. The van der Waals surface area contributed by atoms with Gasteiger partial charge < -0.3 is 10.0 Å². The van der Waals surface area contributed by atoms with Crippen molar-refractivity contribution in [1.29, 1.82) is 0 Å². The third-order valence-electron chi connectivity index (χ3n) is 2.85. The van der Waals surface area contributed by atoms with Gasteiger partial charge in [0.05, 0.1) is 24.4 Å². The lowest BCUT2D eigenvalue weighted by Crippen LogP contribution is -2.18. The first-order valence-electron chi connectivity index (χ1n) is 5.61. The number of rotatable bonds is 4. The molecule has 0 spiro atoms. The normalized spacial score (nSPS) is 10.7. The summed E-state index contributed by atoms with van der Waals surface area (Å²) in [5.74, 6) is 0. The fourth-order valence-corrected chi connectivity index (χ4v) is 2.98. The van der Waals surface area contributed by atoms with Crippen molar-refractivity contribution in [2.45, 2.75) is 20.1 Å². The molecule has 0 saturated carbocycles. The fraction of sp³-hybridized carbons (Fsp3) is 0.308. The van der Waals surface area contributed by atoms with E-state index < -0.39 is 0 Å². The topological polar surface area (TPSA) is 36.4 Å². The zero-order chi connectivity index (χ0) is 13.1. The Morgan fingerprint density at radius 2 is 2.22 bits per heavy atom. The Balaban J connectivity index is 2.25. The van der Waals surface area contributed by atoms with Crippen molar-refractivity contribution in [3.8, 4) is 0 Å². The average Bonchev–Trinajstić information content (AvgIpc) is 2.75. The zero-order valence-corrected chi connectivity index (χ0v) is 12.8. The van der Waals surface area contributed by atoms with Crippen LogP contribution < -0.4 is 4.90 Å². The minimum absolute atomic E-state index is 0.0502. The predicted octanol–water partition coefficient (Wildman–Crippen LogP) is 3.34. The molecule has 2 rings (SSSR count). The molecule has 3 nitrogen and oxygen atoms in total. The largest absolute Gasteiger partial charge is 0.392 e. The molecule has 1 aromatic carbocycles. The van der Waals surface area contributed by atoms with Gasteiger partial charge in [-0.05, 0) is 19.1 Å². The molecule has 96 valence electrons. The van der Waals surface area contributed by atoms with E-state index in [1.807, 2.05) is 37.7 Å². The van der Waals surface area contributed by atoms with Gasteiger partial charge in [0.2, 0.25) is 0 Å². The summed E-state index contributed by atoms with van der Waals surface area (Å²) >= 11 is 5.13. The van der Waals surface area contributed by atoms with Crippen LogP contribution in [0.25, 0.3) is 0 Å². The second-order valence-corrected chi connectivity index (χ2v) is 6.00. The summed E-state index contributed by atoms with van der Waals surface area (Å²) in [7, 11) is 2.03. The van der Waals surface area contributed by atoms with Crippen LogP contribution in [-0.4, -0.2) is 17.1 Å². The van der Waals surface area contributed by atoms with Gasteiger partial charge in [-0.15, -0.1) is 11.3 Å². The molecule has 1 heterocycles. The Morgan fingerprint density at radius 3 is 2.83 bits per heavy atom. The van der Waals surface area contributed by atoms with Crippen LogP contribution in [0, 0.1) is 6.92 Å². The smallest absolute Gasteiger partial charge is 0.0798 e. The Morgan fingerprint density at radius 1 is 1.44 bits per heavy atom. The van der Waals surface area contributed by atoms with Gasteiger partial charge in [0.15, 0.2) is 0 Å². The van der Waals surface area contributed by atoms with Crippen molar-refractivity contribution in [3.05, 3.63) is 44.3 Å². The lowest BCUT2D eigenvalue weighted by atomic mass is 10.1. The number of hydrogen-bond acceptors (Lipinski definition) is 4. The molecule has 0 saturated heterocycles. The molecule has 0 fully saturated rings. The number of hydrogen-bond donors (Lipinski definition) is 1. The molecule has 0 atom stereocenters. The molecule has 18 heavy (non-hydrogen) atoms. The number of benzene rings is 1. The first kappa shape index (κ1) is 13.5. The molecular formula is C13H15BrN2OS. The molecular weight excluding hydrogens is 312 g/mol. The standard InChI is InChI=1S/C13H15BrN2OS/c1-9-13(18-8-15-9)6-16(2)12-5-11(14)4-3-10(12)7-17/h3-5,8,17H,6-7H2,1-2H3. The predicted molar refractivity (Wildman–Crippen MR) is 79.0 cm³/mol. The van der Waals surface area contributed by atoms with Crippen molar-refractivity contribution < 1.29 is 5.11 Å². The van der Waals surface area contributed by atoms with Gasteiger partial charge in [-0.1, -0.05) is 22.0 Å². The SMILES string of the molecule is Cc1ncsc1CN(C)c1cc(Br)ccc1CO. The molecule has 0 unspecified atom stereocenters. The summed E-state index contributed by atoms with van der Waals surface area (Å²) in [6.07, 6.45) is 0. The summed E-state index contributed by atoms with van der Waals surface area (Å²) in [4.78, 5) is 7.64. The number of thiazole rings is 1. The number of aromatic nitrogens is 1. The monoisotopic (exact) mass is 326 g/mol. The highest BCUT2D eigenvalue weighted by Gasteiger charge is 2.10. The van der Waals surface area contributed by atoms with E-state index in [1.54, 1.807) is 11.3 Å². The van der Waals surface area contributed by atoms with E-state index in [0.717, 1.165) is 28.0 Å². The van der Waals surface area contributed by atoms with Crippen LogP contribution in [0.3, 0.4) is 0 Å². The molecule has 5 heteroatoms. The highest BCUT2D eigenvalue weighted by atomic mass is 79.9. The number of aryl methyl sites for hydroxylation is 1. The molecule has 0 aliphatic rings. The van der Waals surface area contributed by atoms with Crippen molar-refractivity contribution in [3.63, 3.8) is 0 Å². The molecule has 0 bridgehead atoms. The Bertz CT molecular complexity index is 542. The third-order valence-corrected chi connectivity index (χ3v) is 4.27. The van der Waals surface area contributed by atoms with Crippen molar-refractivity contribution in [2.24, 2.45) is 0 Å². The van der Waals surface area contributed by atoms with Gasteiger partial charge in [-0.25, -0.2) is 4.98 Å². The molecule has 2 aromatic rings. The highest BCUT2D eigenvalue weighted by Crippen LogP contribution is 2.26. The van der Waals surface area contributed by atoms with Gasteiger partial charge in [0, 0.05) is 27.6 Å². The highest BCUT2D eigenvalue weighted by molar-refractivity contribution is 9.10. The van der Waals surface area contributed by atoms with E-state index >= 15 is 0 Å². The first-order valence-corrected chi connectivity index (χ1v) is 7.28. The quantitative estimate of drug-likeness (QED) is 0.936. The maximum Gasteiger partial charge on any atom is 0.0798 e. The molecule has 0 aliphatic carbocycles.